The predicted octanol–water partition coefficient (Wildman–Crippen LogP) is 2.63. The van der Waals surface area contributed by atoms with Crippen molar-refractivity contribution in [2.45, 2.75) is 26.3 Å². The Hall–Kier alpha value is 0.660. The second-order valence-corrected chi connectivity index (χ2v) is 5.21. The number of nitrogens with zero attached hydrogens (tertiary/aromatic N) is 1. The molecule has 80 valence electrons. The molecule has 2 unspecified atom stereocenters. The van der Waals surface area contributed by atoms with Crippen LogP contribution in [0, 0.1) is 5.92 Å². The van der Waals surface area contributed by atoms with Crippen LogP contribution in [-0.4, -0.2) is 42.3 Å². The fourth-order valence-electron chi connectivity index (χ4n) is 1.24. The molecular formula is C10H23NS2. The van der Waals surface area contributed by atoms with Gasteiger partial charge in [-0.15, -0.1) is 0 Å². The smallest absolute Gasteiger partial charge is 0.00718 e. The van der Waals surface area contributed by atoms with Crippen molar-refractivity contribution in [2.75, 3.05) is 31.4 Å². The van der Waals surface area contributed by atoms with Crippen molar-refractivity contribution in [3.05, 3.63) is 0 Å². The molecule has 0 radical (unpaired) electrons. The van der Waals surface area contributed by atoms with Gasteiger partial charge < -0.3 is 4.90 Å². The summed E-state index contributed by atoms with van der Waals surface area (Å²) in [6.07, 6.45) is 3.46. The topological polar surface area (TPSA) is 3.24 Å². The molecule has 0 fully saturated rings. The number of hydrogen-bond acceptors (Lipinski definition) is 3. The van der Waals surface area contributed by atoms with Gasteiger partial charge in [-0.3, -0.25) is 0 Å². The van der Waals surface area contributed by atoms with E-state index in [1.165, 1.54) is 18.7 Å². The van der Waals surface area contributed by atoms with Gasteiger partial charge in [-0.25, -0.2) is 0 Å². The first kappa shape index (κ1) is 13.7. The quantitative estimate of drug-likeness (QED) is 0.658. The maximum atomic E-state index is 4.30. The molecule has 0 amide bonds. The van der Waals surface area contributed by atoms with Crippen molar-refractivity contribution in [1.82, 2.24) is 4.90 Å². The highest BCUT2D eigenvalue weighted by molar-refractivity contribution is 7.98. The first-order chi connectivity index (χ1) is 6.11. The molecule has 0 aromatic carbocycles. The van der Waals surface area contributed by atoms with Crippen LogP contribution in [0.15, 0.2) is 0 Å². The summed E-state index contributed by atoms with van der Waals surface area (Å²) < 4.78 is 0. The van der Waals surface area contributed by atoms with E-state index in [4.69, 9.17) is 0 Å². The third-order valence-corrected chi connectivity index (χ3v) is 3.67. The van der Waals surface area contributed by atoms with Gasteiger partial charge in [0.05, 0.1) is 0 Å². The molecule has 3 heteroatoms. The van der Waals surface area contributed by atoms with Crippen LogP contribution in [0.3, 0.4) is 0 Å². The summed E-state index contributed by atoms with van der Waals surface area (Å²) in [6, 6.07) is 0.704. The average Bonchev–Trinajstić information content (AvgIpc) is 2.13. The van der Waals surface area contributed by atoms with E-state index in [1.54, 1.807) is 0 Å². The normalized spacial score (nSPS) is 16.2. The summed E-state index contributed by atoms with van der Waals surface area (Å²) in [5.74, 6) is 2.95. The van der Waals surface area contributed by atoms with E-state index in [-0.39, 0.29) is 0 Å². The second-order valence-electron chi connectivity index (χ2n) is 3.86. The van der Waals surface area contributed by atoms with Crippen LogP contribution in [0.2, 0.25) is 0 Å². The van der Waals surface area contributed by atoms with Crippen LogP contribution < -0.4 is 0 Å². The summed E-state index contributed by atoms with van der Waals surface area (Å²) >= 11 is 6.23. The standard InChI is InChI=1S/C10H23NS2/c1-9(8-12)7-11(3)10(2)5-6-13-4/h9-10,12H,5-8H2,1-4H3. The first-order valence-electron chi connectivity index (χ1n) is 4.91. The molecule has 0 bridgehead atoms. The van der Waals surface area contributed by atoms with Gasteiger partial charge in [0, 0.05) is 12.6 Å². The highest BCUT2D eigenvalue weighted by atomic mass is 32.2. The molecule has 0 saturated carbocycles. The van der Waals surface area contributed by atoms with Gasteiger partial charge >= 0.3 is 0 Å². The minimum atomic E-state index is 0.699. The number of hydrogen-bond donors (Lipinski definition) is 1. The minimum absolute atomic E-state index is 0.699. The minimum Gasteiger partial charge on any atom is -0.303 e. The molecule has 1 nitrogen and oxygen atoms in total. The summed E-state index contributed by atoms with van der Waals surface area (Å²) in [5.41, 5.74) is 0. The number of thiol groups is 1. The predicted molar refractivity (Wildman–Crippen MR) is 68.1 cm³/mol. The van der Waals surface area contributed by atoms with Crippen molar-refractivity contribution >= 4 is 24.4 Å². The van der Waals surface area contributed by atoms with Gasteiger partial charge in [-0.2, -0.15) is 24.4 Å². The van der Waals surface area contributed by atoms with Crippen molar-refractivity contribution in [3.8, 4) is 0 Å². The van der Waals surface area contributed by atoms with Crippen molar-refractivity contribution < 1.29 is 0 Å². The van der Waals surface area contributed by atoms with Gasteiger partial charge in [0.1, 0.15) is 0 Å². The Morgan fingerprint density at radius 2 is 2.00 bits per heavy atom. The van der Waals surface area contributed by atoms with E-state index in [9.17, 15) is 0 Å². The summed E-state index contributed by atoms with van der Waals surface area (Å²) in [5, 5.41) is 0. The van der Waals surface area contributed by atoms with Crippen LogP contribution in [-0.2, 0) is 0 Å². The van der Waals surface area contributed by atoms with Crippen LogP contribution >= 0.6 is 24.4 Å². The number of thioether (sulfide) groups is 1. The molecule has 0 N–H and O–H groups in total. The average molecular weight is 221 g/mol. The van der Waals surface area contributed by atoms with Crippen LogP contribution in [0.1, 0.15) is 20.3 Å². The summed E-state index contributed by atoms with van der Waals surface area (Å²) in [7, 11) is 2.21. The molecule has 0 aromatic rings. The fourth-order valence-corrected chi connectivity index (χ4v) is 1.93. The molecule has 0 spiro atoms. The van der Waals surface area contributed by atoms with E-state index in [2.05, 4.69) is 44.7 Å². The monoisotopic (exact) mass is 221 g/mol. The van der Waals surface area contributed by atoms with Gasteiger partial charge in [0.15, 0.2) is 0 Å². The SMILES string of the molecule is CSCCC(C)N(C)CC(C)CS. The lowest BCUT2D eigenvalue weighted by molar-refractivity contribution is 0.228. The zero-order valence-electron chi connectivity index (χ0n) is 9.29. The Morgan fingerprint density at radius 1 is 1.38 bits per heavy atom. The molecule has 0 rings (SSSR count). The lowest BCUT2D eigenvalue weighted by Gasteiger charge is -2.26. The van der Waals surface area contributed by atoms with E-state index in [1.807, 2.05) is 11.8 Å². The Balaban J connectivity index is 3.61. The fraction of sp³-hybridized carbons (Fsp3) is 1.00. The van der Waals surface area contributed by atoms with Crippen molar-refractivity contribution in [3.63, 3.8) is 0 Å². The lowest BCUT2D eigenvalue weighted by Crippen LogP contribution is -2.33. The summed E-state index contributed by atoms with van der Waals surface area (Å²) in [4.78, 5) is 2.44. The van der Waals surface area contributed by atoms with E-state index in [0.717, 1.165) is 5.75 Å². The second kappa shape index (κ2) is 8.01. The van der Waals surface area contributed by atoms with Crippen LogP contribution in [0.5, 0.6) is 0 Å². The Morgan fingerprint density at radius 3 is 2.46 bits per heavy atom. The van der Waals surface area contributed by atoms with E-state index in [0.29, 0.717) is 12.0 Å². The molecule has 2 atom stereocenters. The van der Waals surface area contributed by atoms with Crippen molar-refractivity contribution in [2.24, 2.45) is 5.92 Å². The van der Waals surface area contributed by atoms with Gasteiger partial charge in [0.2, 0.25) is 0 Å². The largest absolute Gasteiger partial charge is 0.303 e. The first-order valence-corrected chi connectivity index (χ1v) is 6.94. The maximum absolute atomic E-state index is 4.30. The van der Waals surface area contributed by atoms with Gasteiger partial charge in [-0.05, 0) is 44.1 Å². The Kier molecular flexibility index (Phi) is 8.42. The number of rotatable bonds is 7. The van der Waals surface area contributed by atoms with Crippen LogP contribution in [0.4, 0.5) is 0 Å². The lowest BCUT2D eigenvalue weighted by atomic mass is 10.1. The van der Waals surface area contributed by atoms with Crippen molar-refractivity contribution in [1.29, 1.82) is 0 Å². The van der Waals surface area contributed by atoms with E-state index < -0.39 is 0 Å². The molecule has 0 aliphatic heterocycles. The highest BCUT2D eigenvalue weighted by Gasteiger charge is 2.10. The zero-order valence-corrected chi connectivity index (χ0v) is 11.0. The third kappa shape index (κ3) is 6.69. The van der Waals surface area contributed by atoms with E-state index >= 15 is 0 Å². The molecule has 0 aliphatic carbocycles. The Labute approximate surface area is 93.1 Å². The molecule has 0 aromatic heterocycles. The molecular weight excluding hydrogens is 198 g/mol. The van der Waals surface area contributed by atoms with Crippen LogP contribution in [0.25, 0.3) is 0 Å². The van der Waals surface area contributed by atoms with Gasteiger partial charge in [-0.1, -0.05) is 6.92 Å². The molecule has 0 heterocycles. The summed E-state index contributed by atoms with van der Waals surface area (Å²) in [6.45, 7) is 5.73. The molecule has 13 heavy (non-hydrogen) atoms. The zero-order chi connectivity index (χ0) is 10.3. The Bertz CT molecular complexity index is 119. The van der Waals surface area contributed by atoms with Gasteiger partial charge in [0.25, 0.3) is 0 Å². The molecule has 0 saturated heterocycles. The molecule has 0 aliphatic rings. The third-order valence-electron chi connectivity index (χ3n) is 2.40. The highest BCUT2D eigenvalue weighted by Crippen LogP contribution is 2.08. The maximum Gasteiger partial charge on any atom is 0.00718 e.